The standard InChI is InChI=1S/C59H42N4/c1-39-35-50(40(2)60-38-39)47-27-15-16-28-48(47)51-36-52-49-29-17-18-30-54(49)59(45-23-11-5-12-24-45,46-25-13-6-14-26-46)55(52)37-53(51)58-62-56(43-21-9-4-10-22-43)61-57(63-58)44-33-31-42(32-34-44)41-19-7-3-8-20-41/h3-38H,1-2H3. The van der Waals surface area contributed by atoms with Gasteiger partial charge in [-0.1, -0.05) is 194 Å². The van der Waals surface area contributed by atoms with Gasteiger partial charge < -0.3 is 0 Å². The van der Waals surface area contributed by atoms with Crippen molar-refractivity contribution in [1.82, 2.24) is 19.9 Å². The average Bonchev–Trinajstić information content (AvgIpc) is 3.65. The van der Waals surface area contributed by atoms with Crippen molar-refractivity contribution in [2.45, 2.75) is 19.3 Å². The van der Waals surface area contributed by atoms with E-state index in [2.05, 4.69) is 202 Å². The van der Waals surface area contributed by atoms with Gasteiger partial charge in [-0.3, -0.25) is 4.98 Å². The molecule has 0 radical (unpaired) electrons. The van der Waals surface area contributed by atoms with Gasteiger partial charge in [0.25, 0.3) is 0 Å². The molecule has 0 saturated heterocycles. The Morgan fingerprint density at radius 3 is 1.40 bits per heavy atom. The number of aryl methyl sites for hydroxylation is 2. The van der Waals surface area contributed by atoms with Gasteiger partial charge in [0, 0.05) is 34.1 Å². The number of hydrogen-bond donors (Lipinski definition) is 0. The second-order valence-electron chi connectivity index (χ2n) is 16.3. The lowest BCUT2D eigenvalue weighted by Gasteiger charge is -2.34. The van der Waals surface area contributed by atoms with Gasteiger partial charge in [-0.05, 0) is 98.8 Å². The Labute approximate surface area is 368 Å². The molecule has 11 rings (SSSR count). The molecule has 2 aromatic heterocycles. The first-order valence-electron chi connectivity index (χ1n) is 21.5. The van der Waals surface area contributed by atoms with Gasteiger partial charge in [-0.25, -0.2) is 15.0 Å². The summed E-state index contributed by atoms with van der Waals surface area (Å²) in [4.78, 5) is 20.9. The predicted molar refractivity (Wildman–Crippen MR) is 257 cm³/mol. The van der Waals surface area contributed by atoms with Crippen LogP contribution in [0.3, 0.4) is 0 Å². The minimum atomic E-state index is -0.621. The van der Waals surface area contributed by atoms with E-state index < -0.39 is 5.41 Å². The molecule has 0 unspecified atom stereocenters. The van der Waals surface area contributed by atoms with Gasteiger partial charge in [0.2, 0.25) is 0 Å². The molecule has 0 bridgehead atoms. The lowest BCUT2D eigenvalue weighted by molar-refractivity contribution is 0.768. The molecule has 4 heteroatoms. The molecule has 0 amide bonds. The second-order valence-corrected chi connectivity index (χ2v) is 16.3. The third-order valence-corrected chi connectivity index (χ3v) is 12.5. The van der Waals surface area contributed by atoms with Crippen LogP contribution < -0.4 is 0 Å². The molecule has 0 fully saturated rings. The maximum Gasteiger partial charge on any atom is 0.164 e. The molecule has 10 aromatic rings. The van der Waals surface area contributed by atoms with Crippen LogP contribution in [-0.4, -0.2) is 19.9 Å². The molecule has 1 aliphatic rings. The number of pyridine rings is 1. The van der Waals surface area contributed by atoms with Gasteiger partial charge >= 0.3 is 0 Å². The topological polar surface area (TPSA) is 51.6 Å². The maximum atomic E-state index is 5.46. The van der Waals surface area contributed by atoms with Crippen LogP contribution >= 0.6 is 0 Å². The summed E-state index contributed by atoms with van der Waals surface area (Å²) in [5, 5.41) is 0. The Balaban J connectivity index is 1.24. The molecule has 0 aliphatic heterocycles. The van der Waals surface area contributed by atoms with E-state index in [1.54, 1.807) is 0 Å². The van der Waals surface area contributed by atoms with Gasteiger partial charge in [-0.2, -0.15) is 0 Å². The molecule has 0 N–H and O–H groups in total. The largest absolute Gasteiger partial charge is 0.261 e. The van der Waals surface area contributed by atoms with Gasteiger partial charge in [0.05, 0.1) is 5.41 Å². The number of aromatic nitrogens is 4. The first-order valence-corrected chi connectivity index (χ1v) is 21.5. The summed E-state index contributed by atoms with van der Waals surface area (Å²) in [6, 6.07) is 75.7. The second kappa shape index (κ2) is 15.7. The Kier molecular flexibility index (Phi) is 9.47. The van der Waals surface area contributed by atoms with Crippen molar-refractivity contribution in [3.8, 4) is 78.7 Å². The molecular formula is C59H42N4. The smallest absolute Gasteiger partial charge is 0.164 e. The fourth-order valence-electron chi connectivity index (χ4n) is 9.54. The Morgan fingerprint density at radius 2 is 0.778 bits per heavy atom. The molecule has 63 heavy (non-hydrogen) atoms. The van der Waals surface area contributed by atoms with E-state index in [9.17, 15) is 0 Å². The first-order chi connectivity index (χ1) is 31.1. The summed E-state index contributed by atoms with van der Waals surface area (Å²) in [6.07, 6.45) is 1.94. The Bertz CT molecular complexity index is 3230. The average molecular weight is 807 g/mol. The zero-order valence-electron chi connectivity index (χ0n) is 35.1. The van der Waals surface area contributed by atoms with Crippen LogP contribution in [0.4, 0.5) is 0 Å². The fraction of sp³-hybridized carbons (Fsp3) is 0.0508. The van der Waals surface area contributed by atoms with Crippen LogP contribution in [0.15, 0.2) is 219 Å². The van der Waals surface area contributed by atoms with Crippen LogP contribution in [0.2, 0.25) is 0 Å². The fourth-order valence-corrected chi connectivity index (χ4v) is 9.54. The van der Waals surface area contributed by atoms with Crippen molar-refractivity contribution >= 4 is 0 Å². The van der Waals surface area contributed by atoms with Gasteiger partial charge in [0.1, 0.15) is 0 Å². The van der Waals surface area contributed by atoms with E-state index in [1.165, 1.54) is 33.4 Å². The molecule has 8 aromatic carbocycles. The van der Waals surface area contributed by atoms with E-state index >= 15 is 0 Å². The zero-order valence-corrected chi connectivity index (χ0v) is 35.1. The summed E-state index contributed by atoms with van der Waals surface area (Å²) in [6.45, 7) is 4.19. The summed E-state index contributed by atoms with van der Waals surface area (Å²) < 4.78 is 0. The zero-order chi connectivity index (χ0) is 42.3. The molecule has 1 aliphatic carbocycles. The van der Waals surface area contributed by atoms with Crippen LogP contribution in [0.25, 0.3) is 78.7 Å². The number of fused-ring (bicyclic) bond motifs is 3. The normalized spacial score (nSPS) is 12.4. The van der Waals surface area contributed by atoms with Crippen LogP contribution in [0, 0.1) is 13.8 Å². The van der Waals surface area contributed by atoms with Crippen molar-refractivity contribution in [2.24, 2.45) is 0 Å². The van der Waals surface area contributed by atoms with Crippen LogP contribution in [0.5, 0.6) is 0 Å². The molecule has 298 valence electrons. The minimum absolute atomic E-state index is 0.601. The van der Waals surface area contributed by atoms with E-state index in [4.69, 9.17) is 19.9 Å². The van der Waals surface area contributed by atoms with Gasteiger partial charge in [-0.15, -0.1) is 0 Å². The molecular weight excluding hydrogens is 765 g/mol. The van der Waals surface area contributed by atoms with E-state index in [0.29, 0.717) is 17.5 Å². The molecule has 2 heterocycles. The molecule has 0 spiro atoms. The number of rotatable bonds is 8. The lowest BCUT2D eigenvalue weighted by atomic mass is 9.67. The molecule has 4 nitrogen and oxygen atoms in total. The maximum absolute atomic E-state index is 5.46. The summed E-state index contributed by atoms with van der Waals surface area (Å²) in [5.41, 5.74) is 18.0. The van der Waals surface area contributed by atoms with Crippen molar-refractivity contribution in [1.29, 1.82) is 0 Å². The lowest BCUT2D eigenvalue weighted by Crippen LogP contribution is -2.28. The number of hydrogen-bond acceptors (Lipinski definition) is 4. The quantitative estimate of drug-likeness (QED) is 0.153. The third kappa shape index (κ3) is 6.55. The monoisotopic (exact) mass is 806 g/mol. The number of nitrogens with zero attached hydrogens (tertiary/aromatic N) is 4. The summed E-state index contributed by atoms with van der Waals surface area (Å²) >= 11 is 0. The van der Waals surface area contributed by atoms with Crippen LogP contribution in [-0.2, 0) is 5.41 Å². The SMILES string of the molecule is Cc1cnc(C)c(-c2ccccc2-c2cc3c(cc2-c2nc(-c4ccccc4)nc(-c4ccc(-c5ccccc5)cc4)n2)C(c2ccccc2)(c2ccccc2)c2ccccc2-3)c1. The predicted octanol–water partition coefficient (Wildman–Crippen LogP) is 14.2. The molecule has 0 atom stereocenters. The van der Waals surface area contributed by atoms with Crippen molar-refractivity contribution in [3.63, 3.8) is 0 Å². The third-order valence-electron chi connectivity index (χ3n) is 12.5. The highest BCUT2D eigenvalue weighted by Crippen LogP contribution is 2.58. The van der Waals surface area contributed by atoms with E-state index in [-0.39, 0.29) is 0 Å². The summed E-state index contributed by atoms with van der Waals surface area (Å²) in [5.74, 6) is 1.82. The Morgan fingerprint density at radius 1 is 0.317 bits per heavy atom. The van der Waals surface area contributed by atoms with Crippen LogP contribution in [0.1, 0.15) is 33.5 Å². The van der Waals surface area contributed by atoms with Crippen molar-refractivity contribution in [3.05, 3.63) is 252 Å². The van der Waals surface area contributed by atoms with Crippen molar-refractivity contribution in [2.75, 3.05) is 0 Å². The minimum Gasteiger partial charge on any atom is -0.261 e. The first kappa shape index (κ1) is 37.9. The Hall–Kier alpha value is -8.08. The van der Waals surface area contributed by atoms with Crippen molar-refractivity contribution < 1.29 is 0 Å². The van der Waals surface area contributed by atoms with E-state index in [0.717, 1.165) is 61.3 Å². The highest BCUT2D eigenvalue weighted by Gasteiger charge is 2.46. The highest BCUT2D eigenvalue weighted by atomic mass is 15.0. The number of benzene rings is 8. The molecule has 0 saturated carbocycles. The summed E-state index contributed by atoms with van der Waals surface area (Å²) in [7, 11) is 0. The highest BCUT2D eigenvalue weighted by molar-refractivity contribution is 5.97. The van der Waals surface area contributed by atoms with E-state index in [1.807, 2.05) is 30.5 Å². The van der Waals surface area contributed by atoms with Gasteiger partial charge in [0.15, 0.2) is 17.5 Å².